The Morgan fingerprint density at radius 3 is 2.15 bits per heavy atom. The van der Waals surface area contributed by atoms with Crippen LogP contribution in [0, 0.1) is 20.9 Å². The molecule has 3 aromatic rings. The number of nitro benzene ring substituents is 1. The monoisotopic (exact) mass is 747 g/mol. The molecular formula is C33H36F3N7O10. The van der Waals surface area contributed by atoms with Gasteiger partial charge < -0.3 is 30.5 Å². The number of nitrogens with two attached hydrogens (primary N) is 1. The molecule has 17 nitrogen and oxygen atoms in total. The minimum Gasteiger partial charge on any atom is -0.475 e. The van der Waals surface area contributed by atoms with Gasteiger partial charge in [-0.05, 0) is 38.5 Å². The molecule has 1 aliphatic heterocycles. The standard InChI is InChI=1S/C31H35N7O8.C2HF3O2/c1-31(2,3)30(42)46-18-45-26(39)17-37-16-22-15-36(13-12-24(22)35-37)29(41)25(14-19-4-10-23(11-5-19)38(43)44)34-28(40)21-8-6-20(7-9-21)27(32)33;3-2(4,5)1(6)7/h4-11,16,25H,12-15,17-18H2,1-3H3,(H3,32,33)(H,34,40);(H,6,7)/t25-;/m0./s1. The topological polar surface area (TPSA) is 250 Å². The lowest BCUT2D eigenvalue weighted by Gasteiger charge is -2.30. The van der Waals surface area contributed by atoms with E-state index in [2.05, 4.69) is 10.4 Å². The van der Waals surface area contributed by atoms with Crippen molar-refractivity contribution in [3.05, 3.63) is 92.8 Å². The fourth-order valence-corrected chi connectivity index (χ4v) is 4.64. The molecule has 0 fully saturated rings. The lowest BCUT2D eigenvalue weighted by atomic mass is 9.98. The van der Waals surface area contributed by atoms with Crippen LogP contribution in [0.1, 0.15) is 53.5 Å². The number of carbonyl (C=O) groups is 5. The molecule has 1 atom stereocenters. The van der Waals surface area contributed by atoms with Crippen LogP contribution >= 0.6 is 0 Å². The first-order chi connectivity index (χ1) is 24.6. The van der Waals surface area contributed by atoms with Crippen LogP contribution in [0.4, 0.5) is 18.9 Å². The van der Waals surface area contributed by atoms with Crippen molar-refractivity contribution >= 4 is 41.2 Å². The first-order valence-electron chi connectivity index (χ1n) is 15.6. The summed E-state index contributed by atoms with van der Waals surface area (Å²) >= 11 is 0. The molecule has 20 heteroatoms. The number of hydrogen-bond donors (Lipinski definition) is 4. The van der Waals surface area contributed by atoms with E-state index in [1.165, 1.54) is 53.2 Å². The van der Waals surface area contributed by atoms with Crippen molar-refractivity contribution in [2.45, 2.75) is 58.9 Å². The summed E-state index contributed by atoms with van der Waals surface area (Å²) in [4.78, 5) is 72.2. The fourth-order valence-electron chi connectivity index (χ4n) is 4.64. The maximum absolute atomic E-state index is 13.8. The molecule has 4 rings (SSSR count). The Labute approximate surface area is 299 Å². The summed E-state index contributed by atoms with van der Waals surface area (Å²) in [6.07, 6.45) is -2.98. The number of rotatable bonds is 11. The van der Waals surface area contributed by atoms with Gasteiger partial charge >= 0.3 is 24.1 Å². The molecule has 1 aliphatic rings. The number of nitrogens with one attached hydrogen (secondary N) is 2. The number of carboxylic acid groups (broad SMARTS) is 1. The molecule has 0 radical (unpaired) electrons. The highest BCUT2D eigenvalue weighted by atomic mass is 19.4. The highest BCUT2D eigenvalue weighted by Crippen LogP contribution is 2.21. The second-order valence-corrected chi connectivity index (χ2v) is 12.6. The third-order valence-corrected chi connectivity index (χ3v) is 7.42. The average molecular weight is 748 g/mol. The van der Waals surface area contributed by atoms with Crippen LogP contribution in [0.2, 0.25) is 0 Å². The van der Waals surface area contributed by atoms with Crippen LogP contribution in [-0.4, -0.2) is 85.8 Å². The summed E-state index contributed by atoms with van der Waals surface area (Å²) in [5.41, 5.74) is 7.40. The maximum atomic E-state index is 13.8. The van der Waals surface area contributed by atoms with Crippen LogP contribution < -0.4 is 11.1 Å². The molecule has 5 N–H and O–H groups in total. The summed E-state index contributed by atoms with van der Waals surface area (Å²) in [5.74, 6) is -4.96. The first kappa shape index (κ1) is 41.1. The Morgan fingerprint density at radius 1 is 1.04 bits per heavy atom. The summed E-state index contributed by atoms with van der Waals surface area (Å²) in [7, 11) is 0. The molecule has 0 spiro atoms. The first-order valence-corrected chi connectivity index (χ1v) is 15.6. The molecule has 0 bridgehead atoms. The zero-order valence-electron chi connectivity index (χ0n) is 28.6. The van der Waals surface area contributed by atoms with Crippen molar-refractivity contribution in [1.82, 2.24) is 20.0 Å². The Hall–Kier alpha value is -6.34. The van der Waals surface area contributed by atoms with Gasteiger partial charge in [0.1, 0.15) is 18.4 Å². The molecule has 2 heterocycles. The van der Waals surface area contributed by atoms with E-state index < -0.39 is 53.2 Å². The summed E-state index contributed by atoms with van der Waals surface area (Å²) < 4.78 is 43.1. The van der Waals surface area contributed by atoms with Gasteiger partial charge in [0.2, 0.25) is 12.7 Å². The van der Waals surface area contributed by atoms with Gasteiger partial charge in [-0.25, -0.2) is 9.59 Å². The largest absolute Gasteiger partial charge is 0.490 e. The highest BCUT2D eigenvalue weighted by Gasteiger charge is 2.38. The number of alkyl halides is 3. The number of aromatic nitrogens is 2. The van der Waals surface area contributed by atoms with Crippen LogP contribution in [0.25, 0.3) is 0 Å². The quantitative estimate of drug-likeness (QED) is 0.0552. The molecule has 0 aliphatic carbocycles. The van der Waals surface area contributed by atoms with E-state index in [1.807, 2.05) is 0 Å². The van der Waals surface area contributed by atoms with E-state index in [9.17, 15) is 42.5 Å². The third kappa shape index (κ3) is 12.1. The summed E-state index contributed by atoms with van der Waals surface area (Å²) in [6.45, 7) is 4.78. The molecule has 0 unspecified atom stereocenters. The highest BCUT2D eigenvalue weighted by molar-refractivity contribution is 6.00. The number of nitrogens with zero attached hydrogens (tertiary/aromatic N) is 4. The molecular weight excluding hydrogens is 711 g/mol. The van der Waals surface area contributed by atoms with E-state index in [1.54, 1.807) is 31.9 Å². The number of benzene rings is 2. The predicted molar refractivity (Wildman–Crippen MR) is 177 cm³/mol. The van der Waals surface area contributed by atoms with Crippen molar-refractivity contribution in [3.63, 3.8) is 0 Å². The van der Waals surface area contributed by atoms with Crippen LogP contribution in [-0.2, 0) is 54.6 Å². The normalized spacial score (nSPS) is 13.0. The Bertz CT molecular complexity index is 1850. The van der Waals surface area contributed by atoms with E-state index in [0.29, 0.717) is 35.3 Å². The number of non-ortho nitro benzene ring substituents is 1. The van der Waals surface area contributed by atoms with Crippen molar-refractivity contribution in [2.75, 3.05) is 13.3 Å². The Balaban J connectivity index is 0.000000980. The van der Waals surface area contributed by atoms with Crippen molar-refractivity contribution in [3.8, 4) is 0 Å². The zero-order valence-corrected chi connectivity index (χ0v) is 28.6. The number of amidine groups is 1. The van der Waals surface area contributed by atoms with Crippen molar-refractivity contribution < 1.29 is 56.6 Å². The minimum atomic E-state index is -5.08. The predicted octanol–water partition coefficient (Wildman–Crippen LogP) is 2.72. The van der Waals surface area contributed by atoms with Crippen LogP contribution in [0.5, 0.6) is 0 Å². The second kappa shape index (κ2) is 17.2. The number of carbonyl (C=O) groups excluding carboxylic acids is 4. The van der Waals surface area contributed by atoms with Gasteiger partial charge in [0.25, 0.3) is 11.6 Å². The van der Waals surface area contributed by atoms with Crippen molar-refractivity contribution in [1.29, 1.82) is 5.41 Å². The smallest absolute Gasteiger partial charge is 0.475 e. The van der Waals surface area contributed by atoms with E-state index in [-0.39, 0.29) is 42.5 Å². The van der Waals surface area contributed by atoms with Gasteiger partial charge in [0, 0.05) is 61.0 Å². The molecule has 0 saturated heterocycles. The maximum Gasteiger partial charge on any atom is 0.490 e. The minimum absolute atomic E-state index is 0.0718. The van der Waals surface area contributed by atoms with Crippen LogP contribution in [0.3, 0.4) is 0 Å². The van der Waals surface area contributed by atoms with Gasteiger partial charge in [-0.1, -0.05) is 24.3 Å². The number of fused-ring (bicyclic) bond motifs is 1. The third-order valence-electron chi connectivity index (χ3n) is 7.42. The van der Waals surface area contributed by atoms with E-state index in [4.69, 9.17) is 30.5 Å². The van der Waals surface area contributed by atoms with Crippen LogP contribution in [0.15, 0.2) is 54.7 Å². The molecule has 53 heavy (non-hydrogen) atoms. The fraction of sp³-hybridized carbons (Fsp3) is 0.364. The number of hydrogen-bond acceptors (Lipinski definition) is 11. The Morgan fingerprint density at radius 2 is 1.62 bits per heavy atom. The molecule has 2 amide bonds. The number of ether oxygens (including phenoxy) is 2. The number of amides is 2. The van der Waals surface area contributed by atoms with Gasteiger partial charge in [-0.3, -0.25) is 34.6 Å². The van der Waals surface area contributed by atoms with Gasteiger partial charge in [0.15, 0.2) is 0 Å². The second-order valence-electron chi connectivity index (χ2n) is 12.6. The average Bonchev–Trinajstić information content (AvgIpc) is 3.48. The van der Waals surface area contributed by atoms with Gasteiger partial charge in [0.05, 0.1) is 16.0 Å². The Kier molecular flexibility index (Phi) is 13.4. The molecule has 0 saturated carbocycles. The number of nitrogen functional groups attached to an aromatic ring is 1. The summed E-state index contributed by atoms with van der Waals surface area (Å²) in [5, 5.41) is 33.0. The van der Waals surface area contributed by atoms with E-state index >= 15 is 0 Å². The number of aliphatic carboxylic acids is 1. The van der Waals surface area contributed by atoms with Gasteiger partial charge in [-0.15, -0.1) is 0 Å². The van der Waals surface area contributed by atoms with Gasteiger partial charge in [-0.2, -0.15) is 18.3 Å². The SMILES string of the molecule is CC(C)(C)C(=O)OCOC(=O)Cn1cc2c(n1)CCN(C(=O)[C@H](Cc1ccc([N+](=O)[O-])cc1)NC(=O)c1ccc(C(=N)N)cc1)C2.O=C(O)C(F)(F)F. The van der Waals surface area contributed by atoms with Crippen molar-refractivity contribution in [2.24, 2.45) is 11.1 Å². The lowest BCUT2D eigenvalue weighted by Crippen LogP contribution is -2.50. The lowest BCUT2D eigenvalue weighted by molar-refractivity contribution is -0.384. The summed E-state index contributed by atoms with van der Waals surface area (Å²) in [6, 6.07) is 10.8. The zero-order chi connectivity index (χ0) is 39.7. The molecule has 284 valence electrons. The number of esters is 2. The number of carboxylic acids is 1. The molecule has 2 aromatic carbocycles. The molecule has 1 aromatic heterocycles. The van der Waals surface area contributed by atoms with E-state index in [0.717, 1.165) is 0 Å². The number of halogens is 3. The number of nitro groups is 1.